The van der Waals surface area contributed by atoms with Crippen LogP contribution in [-0.2, 0) is 35.2 Å². The van der Waals surface area contributed by atoms with Crippen LogP contribution >= 0.6 is 34.8 Å². The van der Waals surface area contributed by atoms with Gasteiger partial charge in [-0.2, -0.15) is 0 Å². The SMILES string of the molecule is O=C(O)c1ccc(Cl)cc1.O=C(O[C@H]1Cc2ccccc2C[C@H]1OC(=O)c1ccc(Cl)cc1)c1ccc(Cl)cc1.O[C@@H]1Cc2ccccc2C[C@@H]1O. The van der Waals surface area contributed by atoms with Crippen molar-refractivity contribution in [3.8, 4) is 0 Å². The zero-order chi connectivity index (χ0) is 37.2. The monoisotopic (exact) mass is 760 g/mol. The van der Waals surface area contributed by atoms with Crippen molar-refractivity contribution in [1.82, 2.24) is 0 Å². The number of hydrogen-bond acceptors (Lipinski definition) is 7. The van der Waals surface area contributed by atoms with Gasteiger partial charge in [0.25, 0.3) is 0 Å². The molecule has 0 bridgehead atoms. The van der Waals surface area contributed by atoms with E-state index in [4.69, 9.17) is 49.4 Å². The topological polar surface area (TPSA) is 130 Å². The maximum atomic E-state index is 12.7. The van der Waals surface area contributed by atoms with E-state index in [9.17, 15) is 24.6 Å². The molecule has 268 valence electrons. The Morgan fingerprint density at radius 3 is 1.06 bits per heavy atom. The molecule has 5 aromatic carbocycles. The molecule has 0 saturated carbocycles. The quantitative estimate of drug-likeness (QED) is 0.153. The highest BCUT2D eigenvalue weighted by Gasteiger charge is 2.34. The summed E-state index contributed by atoms with van der Waals surface area (Å²) in [6, 6.07) is 34.8. The van der Waals surface area contributed by atoms with E-state index in [-0.39, 0.29) is 5.56 Å². The number of carboxylic acids is 1. The molecule has 52 heavy (non-hydrogen) atoms. The van der Waals surface area contributed by atoms with Gasteiger partial charge in [-0.15, -0.1) is 0 Å². The molecule has 8 nitrogen and oxygen atoms in total. The van der Waals surface area contributed by atoms with Crippen LogP contribution in [-0.4, -0.2) is 57.6 Å². The van der Waals surface area contributed by atoms with Crippen LogP contribution in [0, 0.1) is 0 Å². The summed E-state index contributed by atoms with van der Waals surface area (Å²) in [6.45, 7) is 0. The summed E-state index contributed by atoms with van der Waals surface area (Å²) < 4.78 is 11.5. The van der Waals surface area contributed by atoms with Crippen LogP contribution in [0.5, 0.6) is 0 Å². The van der Waals surface area contributed by atoms with E-state index in [0.29, 0.717) is 51.9 Å². The highest BCUT2D eigenvalue weighted by Crippen LogP contribution is 2.28. The van der Waals surface area contributed by atoms with Crippen molar-refractivity contribution in [3.05, 3.63) is 175 Å². The molecule has 0 fully saturated rings. The van der Waals surface area contributed by atoms with Gasteiger partial charge >= 0.3 is 17.9 Å². The molecule has 2 aliphatic rings. The van der Waals surface area contributed by atoms with E-state index in [0.717, 1.165) is 22.3 Å². The van der Waals surface area contributed by atoms with Crippen molar-refractivity contribution in [3.63, 3.8) is 0 Å². The fraction of sp³-hybridized carbons (Fsp3) is 0.195. The first-order chi connectivity index (χ1) is 25.0. The van der Waals surface area contributed by atoms with Crippen LogP contribution in [0.2, 0.25) is 15.1 Å². The molecule has 0 saturated heterocycles. The molecule has 0 heterocycles. The Bertz CT molecular complexity index is 1870. The van der Waals surface area contributed by atoms with Crippen molar-refractivity contribution >= 4 is 52.7 Å². The summed E-state index contributed by atoms with van der Waals surface area (Å²) in [5, 5.41) is 28.8. The first-order valence-electron chi connectivity index (χ1n) is 16.4. The summed E-state index contributed by atoms with van der Waals surface area (Å²) >= 11 is 17.3. The molecule has 5 aromatic rings. The van der Waals surface area contributed by atoms with E-state index in [1.165, 1.54) is 12.1 Å². The van der Waals surface area contributed by atoms with Gasteiger partial charge in [0.1, 0.15) is 12.2 Å². The van der Waals surface area contributed by atoms with E-state index >= 15 is 0 Å². The molecule has 7 rings (SSSR count). The van der Waals surface area contributed by atoms with Crippen LogP contribution in [0.3, 0.4) is 0 Å². The van der Waals surface area contributed by atoms with Crippen molar-refractivity contribution in [2.75, 3.05) is 0 Å². The average Bonchev–Trinajstić information content (AvgIpc) is 3.13. The minimum absolute atomic E-state index is 0.254. The molecule has 0 unspecified atom stereocenters. The second kappa shape index (κ2) is 18.2. The second-order valence-electron chi connectivity index (χ2n) is 12.2. The molecule has 0 radical (unpaired) electrons. The van der Waals surface area contributed by atoms with Crippen LogP contribution < -0.4 is 0 Å². The lowest BCUT2D eigenvalue weighted by Crippen LogP contribution is -2.41. The van der Waals surface area contributed by atoms with Crippen LogP contribution in [0.1, 0.15) is 53.3 Å². The Labute approximate surface area is 316 Å². The second-order valence-corrected chi connectivity index (χ2v) is 13.5. The molecule has 0 spiro atoms. The summed E-state index contributed by atoms with van der Waals surface area (Å²) in [4.78, 5) is 35.6. The molecular formula is C41H35Cl3O8. The number of aliphatic hydroxyl groups is 2. The first-order valence-corrected chi connectivity index (χ1v) is 17.5. The Balaban J connectivity index is 0.000000193. The molecule has 0 aromatic heterocycles. The highest BCUT2D eigenvalue weighted by molar-refractivity contribution is 6.31. The Morgan fingerprint density at radius 1 is 0.462 bits per heavy atom. The Kier molecular flexibility index (Phi) is 13.5. The third kappa shape index (κ3) is 10.7. The number of esters is 2. The van der Waals surface area contributed by atoms with Gasteiger partial charge in [0.2, 0.25) is 0 Å². The van der Waals surface area contributed by atoms with E-state index < -0.39 is 42.3 Å². The summed E-state index contributed by atoms with van der Waals surface area (Å²) in [7, 11) is 0. The number of rotatable bonds is 5. The van der Waals surface area contributed by atoms with E-state index in [1.54, 1.807) is 60.7 Å². The van der Waals surface area contributed by atoms with E-state index in [1.807, 2.05) is 48.5 Å². The molecule has 11 heteroatoms. The highest BCUT2D eigenvalue weighted by atomic mass is 35.5. The van der Waals surface area contributed by atoms with Gasteiger partial charge in [0.15, 0.2) is 0 Å². The molecule has 2 aliphatic carbocycles. The molecule has 0 amide bonds. The number of carbonyl (C=O) groups is 3. The van der Waals surface area contributed by atoms with Gasteiger partial charge < -0.3 is 24.8 Å². The van der Waals surface area contributed by atoms with Crippen LogP contribution in [0.15, 0.2) is 121 Å². The third-order valence-electron chi connectivity index (χ3n) is 8.56. The van der Waals surface area contributed by atoms with Gasteiger partial charge in [-0.05, 0) is 95.1 Å². The Hall–Kier alpha value is -4.70. The maximum absolute atomic E-state index is 12.7. The predicted octanol–water partition coefficient (Wildman–Crippen LogP) is 8.09. The molecule has 4 atom stereocenters. The molecular weight excluding hydrogens is 727 g/mol. The summed E-state index contributed by atoms with van der Waals surface area (Å²) in [6.07, 6.45) is -0.268. The molecule has 3 N–H and O–H groups in total. The third-order valence-corrected chi connectivity index (χ3v) is 9.32. The lowest BCUT2D eigenvalue weighted by atomic mass is 9.87. The number of ether oxygens (including phenoxy) is 2. The number of aromatic carboxylic acids is 1. The number of halogens is 3. The van der Waals surface area contributed by atoms with Gasteiger partial charge in [-0.3, -0.25) is 0 Å². The number of fused-ring (bicyclic) bond motifs is 2. The number of benzene rings is 5. The number of carbonyl (C=O) groups excluding carboxylic acids is 2. The van der Waals surface area contributed by atoms with Gasteiger partial charge in [-0.25, -0.2) is 14.4 Å². The summed E-state index contributed by atoms with van der Waals surface area (Å²) in [5.74, 6) is -1.90. The lowest BCUT2D eigenvalue weighted by molar-refractivity contribution is -0.0389. The summed E-state index contributed by atoms with van der Waals surface area (Å²) in [5.41, 5.74) is 5.51. The van der Waals surface area contributed by atoms with Crippen molar-refractivity contribution in [2.24, 2.45) is 0 Å². The molecule has 0 aliphatic heterocycles. The standard InChI is InChI=1S/C24H18Cl2O4.C10H12O2.C7H5ClO2/c25-19-9-5-15(6-10-19)23(27)29-21-13-17-3-1-2-4-18(17)14-22(21)30-24(28)16-7-11-20(26)12-8-16;11-9-5-7-3-1-2-4-8(7)6-10(9)12;8-6-3-1-5(2-4-6)7(9)10/h1-12,21-22H,13-14H2;1-4,9-12H,5-6H2;1-4H,(H,9,10)/t21-,22+;9-,10+;. The maximum Gasteiger partial charge on any atom is 0.338 e. The van der Waals surface area contributed by atoms with Crippen molar-refractivity contribution < 1.29 is 39.2 Å². The number of hydrogen-bond donors (Lipinski definition) is 3. The zero-order valence-electron chi connectivity index (χ0n) is 27.7. The number of aliphatic hydroxyl groups excluding tert-OH is 2. The first kappa shape index (κ1) is 38.5. The van der Waals surface area contributed by atoms with E-state index in [2.05, 4.69) is 0 Å². The fourth-order valence-electron chi connectivity index (χ4n) is 5.74. The van der Waals surface area contributed by atoms with Gasteiger partial charge in [0.05, 0.1) is 28.9 Å². The Morgan fingerprint density at radius 2 is 0.750 bits per heavy atom. The normalized spacial score (nSPS) is 18.5. The zero-order valence-corrected chi connectivity index (χ0v) is 30.0. The fourth-order valence-corrected chi connectivity index (χ4v) is 6.12. The smallest absolute Gasteiger partial charge is 0.338 e. The minimum atomic E-state index is -0.934. The number of carboxylic acid groups (broad SMARTS) is 1. The van der Waals surface area contributed by atoms with Gasteiger partial charge in [-0.1, -0.05) is 83.3 Å². The van der Waals surface area contributed by atoms with Crippen LogP contribution in [0.4, 0.5) is 0 Å². The van der Waals surface area contributed by atoms with Crippen molar-refractivity contribution in [1.29, 1.82) is 0 Å². The lowest BCUT2D eigenvalue weighted by Gasteiger charge is -2.32. The largest absolute Gasteiger partial charge is 0.478 e. The van der Waals surface area contributed by atoms with Gasteiger partial charge in [0, 0.05) is 40.8 Å². The average molecular weight is 762 g/mol. The minimum Gasteiger partial charge on any atom is -0.478 e. The van der Waals surface area contributed by atoms with Crippen molar-refractivity contribution in [2.45, 2.75) is 50.1 Å². The predicted molar refractivity (Wildman–Crippen MR) is 199 cm³/mol. The van der Waals surface area contributed by atoms with Crippen LogP contribution in [0.25, 0.3) is 0 Å².